The normalized spacial score (nSPS) is 21.0. The highest BCUT2D eigenvalue weighted by atomic mass is 19.4. The fourth-order valence-corrected chi connectivity index (χ4v) is 2.94. The van der Waals surface area contributed by atoms with Gasteiger partial charge in [-0.3, -0.25) is 4.90 Å². The van der Waals surface area contributed by atoms with Gasteiger partial charge < -0.3 is 5.32 Å². The molecule has 2 nitrogen and oxygen atoms in total. The monoisotopic (exact) mass is 300 g/mol. The summed E-state index contributed by atoms with van der Waals surface area (Å²) in [6, 6.07) is 6.12. The fourth-order valence-electron chi connectivity index (χ4n) is 2.94. The Kier molecular flexibility index (Phi) is 5.27. The first-order valence-electron chi connectivity index (χ1n) is 7.56. The van der Waals surface area contributed by atoms with Gasteiger partial charge >= 0.3 is 6.18 Å². The Bertz CT molecular complexity index is 453. The minimum Gasteiger partial charge on any atom is -0.313 e. The van der Waals surface area contributed by atoms with Crippen LogP contribution < -0.4 is 5.32 Å². The van der Waals surface area contributed by atoms with E-state index in [1.165, 1.54) is 18.6 Å². The zero-order valence-corrected chi connectivity index (χ0v) is 12.6. The molecule has 2 rings (SSSR count). The highest BCUT2D eigenvalue weighted by Gasteiger charge is 2.31. The van der Waals surface area contributed by atoms with Crippen molar-refractivity contribution in [1.29, 1.82) is 0 Å². The zero-order chi connectivity index (χ0) is 15.5. The number of likely N-dealkylation sites (N-methyl/N-ethyl adjacent to an activating group) is 1. The molecule has 2 unspecified atom stereocenters. The molecule has 0 spiro atoms. The molecule has 2 atom stereocenters. The number of rotatable bonds is 5. The third-order valence-electron chi connectivity index (χ3n) is 4.27. The Morgan fingerprint density at radius 1 is 1.38 bits per heavy atom. The molecule has 1 heterocycles. The topological polar surface area (TPSA) is 15.3 Å². The second-order valence-electron chi connectivity index (χ2n) is 5.68. The number of halogens is 3. The molecular weight excluding hydrogens is 277 g/mol. The van der Waals surface area contributed by atoms with Crippen LogP contribution in [0.3, 0.4) is 0 Å². The number of nitrogens with one attached hydrogen (secondary N) is 1. The van der Waals surface area contributed by atoms with Gasteiger partial charge in [0.25, 0.3) is 0 Å². The Hall–Kier alpha value is -1.07. The first kappa shape index (κ1) is 16.3. The van der Waals surface area contributed by atoms with Gasteiger partial charge in [-0.15, -0.1) is 0 Å². The van der Waals surface area contributed by atoms with Gasteiger partial charge in [0.2, 0.25) is 0 Å². The summed E-state index contributed by atoms with van der Waals surface area (Å²) < 4.78 is 38.5. The predicted octanol–water partition coefficient (Wildman–Crippen LogP) is 3.84. The molecule has 0 amide bonds. The molecule has 118 valence electrons. The van der Waals surface area contributed by atoms with Crippen LogP contribution in [-0.4, -0.2) is 30.6 Å². The molecule has 1 N–H and O–H groups in total. The highest BCUT2D eigenvalue weighted by molar-refractivity contribution is 5.27. The van der Waals surface area contributed by atoms with E-state index in [0.717, 1.165) is 37.7 Å². The smallest absolute Gasteiger partial charge is 0.313 e. The van der Waals surface area contributed by atoms with Gasteiger partial charge in [0.1, 0.15) is 0 Å². The maximum atomic E-state index is 12.8. The van der Waals surface area contributed by atoms with Crippen LogP contribution in [0, 0.1) is 0 Å². The summed E-state index contributed by atoms with van der Waals surface area (Å²) in [5.74, 6) is 0. The van der Waals surface area contributed by atoms with Crippen molar-refractivity contribution >= 4 is 0 Å². The largest absolute Gasteiger partial charge is 0.416 e. The Balaban J connectivity index is 2.11. The van der Waals surface area contributed by atoms with Crippen molar-refractivity contribution in [2.75, 3.05) is 19.6 Å². The maximum absolute atomic E-state index is 12.8. The molecule has 0 aliphatic carbocycles. The molecule has 1 aliphatic heterocycles. The third-order valence-corrected chi connectivity index (χ3v) is 4.27. The standard InChI is InChI=1S/C16H23F3N2/c1-3-21(11-15-8-5-9-20-15)12(2)13-6-4-7-14(10-13)16(17,18)19/h4,6-7,10,12,15,20H,3,5,8-9,11H2,1-2H3. The lowest BCUT2D eigenvalue weighted by molar-refractivity contribution is -0.137. The van der Waals surface area contributed by atoms with Crippen molar-refractivity contribution in [3.8, 4) is 0 Å². The molecule has 1 aliphatic rings. The number of hydrogen-bond acceptors (Lipinski definition) is 2. The fraction of sp³-hybridized carbons (Fsp3) is 0.625. The zero-order valence-electron chi connectivity index (χ0n) is 12.6. The van der Waals surface area contributed by atoms with Crippen LogP contribution in [0.5, 0.6) is 0 Å². The van der Waals surface area contributed by atoms with E-state index in [9.17, 15) is 13.2 Å². The van der Waals surface area contributed by atoms with E-state index in [1.807, 2.05) is 6.92 Å². The molecule has 0 radical (unpaired) electrons. The second-order valence-corrected chi connectivity index (χ2v) is 5.68. The van der Waals surface area contributed by atoms with E-state index in [4.69, 9.17) is 0 Å². The number of benzene rings is 1. The quantitative estimate of drug-likeness (QED) is 0.889. The summed E-state index contributed by atoms with van der Waals surface area (Å²) in [7, 11) is 0. The summed E-state index contributed by atoms with van der Waals surface area (Å²) in [5, 5.41) is 3.44. The van der Waals surface area contributed by atoms with Crippen LogP contribution >= 0.6 is 0 Å². The number of alkyl halides is 3. The lowest BCUT2D eigenvalue weighted by Gasteiger charge is -2.31. The second kappa shape index (κ2) is 6.79. The predicted molar refractivity (Wildman–Crippen MR) is 78.1 cm³/mol. The average molecular weight is 300 g/mol. The summed E-state index contributed by atoms with van der Waals surface area (Å²) in [5.41, 5.74) is 0.159. The minimum absolute atomic E-state index is 0.0142. The Morgan fingerprint density at radius 2 is 2.14 bits per heavy atom. The molecule has 1 aromatic rings. The molecule has 5 heteroatoms. The first-order valence-corrected chi connectivity index (χ1v) is 7.56. The Labute approximate surface area is 124 Å². The molecule has 0 saturated carbocycles. The van der Waals surface area contributed by atoms with Gasteiger partial charge in [-0.05, 0) is 50.6 Å². The number of hydrogen-bond donors (Lipinski definition) is 1. The molecule has 1 aromatic carbocycles. The highest BCUT2D eigenvalue weighted by Crippen LogP contribution is 2.32. The number of nitrogens with zero attached hydrogens (tertiary/aromatic N) is 1. The van der Waals surface area contributed by atoms with E-state index < -0.39 is 11.7 Å². The molecule has 0 aromatic heterocycles. The first-order chi connectivity index (χ1) is 9.91. The van der Waals surface area contributed by atoms with Crippen molar-refractivity contribution in [2.45, 2.75) is 44.9 Å². The van der Waals surface area contributed by atoms with Crippen LogP contribution in [0.25, 0.3) is 0 Å². The Morgan fingerprint density at radius 3 is 2.71 bits per heavy atom. The van der Waals surface area contributed by atoms with E-state index in [1.54, 1.807) is 6.07 Å². The third kappa shape index (κ3) is 4.20. The molecular formula is C16H23F3N2. The van der Waals surface area contributed by atoms with Gasteiger partial charge in [-0.1, -0.05) is 19.1 Å². The van der Waals surface area contributed by atoms with Crippen LogP contribution in [0.2, 0.25) is 0 Å². The van der Waals surface area contributed by atoms with Gasteiger partial charge in [-0.25, -0.2) is 0 Å². The van der Waals surface area contributed by atoms with Gasteiger partial charge in [0, 0.05) is 18.6 Å². The summed E-state index contributed by atoms with van der Waals surface area (Å²) in [6.07, 6.45) is -1.95. The van der Waals surface area contributed by atoms with Crippen LogP contribution in [-0.2, 0) is 6.18 Å². The van der Waals surface area contributed by atoms with Crippen molar-refractivity contribution < 1.29 is 13.2 Å². The van der Waals surface area contributed by atoms with Crippen LogP contribution in [0.1, 0.15) is 43.9 Å². The van der Waals surface area contributed by atoms with Crippen molar-refractivity contribution in [3.05, 3.63) is 35.4 Å². The summed E-state index contributed by atoms with van der Waals surface area (Å²) in [6.45, 7) is 6.79. The van der Waals surface area contributed by atoms with E-state index in [-0.39, 0.29) is 6.04 Å². The summed E-state index contributed by atoms with van der Waals surface area (Å²) >= 11 is 0. The average Bonchev–Trinajstić information content (AvgIpc) is 2.96. The molecule has 1 saturated heterocycles. The maximum Gasteiger partial charge on any atom is 0.416 e. The lowest BCUT2D eigenvalue weighted by Crippen LogP contribution is -2.38. The van der Waals surface area contributed by atoms with E-state index in [0.29, 0.717) is 6.04 Å². The molecule has 1 fully saturated rings. The van der Waals surface area contributed by atoms with Gasteiger partial charge in [0.05, 0.1) is 5.56 Å². The lowest BCUT2D eigenvalue weighted by atomic mass is 10.0. The van der Waals surface area contributed by atoms with Crippen molar-refractivity contribution in [2.24, 2.45) is 0 Å². The minimum atomic E-state index is -4.28. The van der Waals surface area contributed by atoms with E-state index in [2.05, 4.69) is 17.1 Å². The van der Waals surface area contributed by atoms with Crippen molar-refractivity contribution in [3.63, 3.8) is 0 Å². The van der Waals surface area contributed by atoms with Gasteiger partial charge in [0.15, 0.2) is 0 Å². The van der Waals surface area contributed by atoms with Crippen LogP contribution in [0.4, 0.5) is 13.2 Å². The molecule has 21 heavy (non-hydrogen) atoms. The van der Waals surface area contributed by atoms with Gasteiger partial charge in [-0.2, -0.15) is 13.2 Å². The molecule has 0 bridgehead atoms. The van der Waals surface area contributed by atoms with Crippen LogP contribution in [0.15, 0.2) is 24.3 Å². The summed E-state index contributed by atoms with van der Waals surface area (Å²) in [4.78, 5) is 2.23. The van der Waals surface area contributed by atoms with E-state index >= 15 is 0 Å². The van der Waals surface area contributed by atoms with Crippen molar-refractivity contribution in [1.82, 2.24) is 10.2 Å². The SMILES string of the molecule is CCN(CC1CCCN1)C(C)c1cccc(C(F)(F)F)c1.